The van der Waals surface area contributed by atoms with Gasteiger partial charge in [0, 0.05) is 92.6 Å². The number of nitrogens with two attached hydrogens (primary N) is 1. The van der Waals surface area contributed by atoms with E-state index in [9.17, 15) is 30.6 Å². The minimum Gasteiger partial charge on any atom is -0.399 e. The molecule has 0 spiro atoms. The largest absolute Gasteiger partial charge is 0.399 e. The highest BCUT2D eigenvalue weighted by atomic mass is 32.2. The van der Waals surface area contributed by atoms with Gasteiger partial charge in [-0.25, -0.2) is 31.8 Å². The lowest BCUT2D eigenvalue weighted by atomic mass is 9.49. The number of carbonyl (C=O) groups excluding carboxylic acids is 2. The van der Waals surface area contributed by atoms with Crippen LogP contribution in [0, 0.1) is 11.8 Å². The van der Waals surface area contributed by atoms with E-state index in [4.69, 9.17) is 10.7 Å². The molecule has 17 nitrogen and oxygen atoms in total. The maximum atomic E-state index is 12.8. The van der Waals surface area contributed by atoms with Crippen LogP contribution >= 0.6 is 0 Å². The highest BCUT2D eigenvalue weighted by Gasteiger charge is 2.60. The third-order valence-corrected chi connectivity index (χ3v) is 15.3. The van der Waals surface area contributed by atoms with Gasteiger partial charge in [-0.15, -0.1) is 0 Å². The van der Waals surface area contributed by atoms with Gasteiger partial charge >= 0.3 is 0 Å². The Labute approximate surface area is 368 Å². The van der Waals surface area contributed by atoms with Gasteiger partial charge in [0.15, 0.2) is 19.7 Å². The molecule has 6 aromatic rings. The molecule has 4 bridgehead atoms. The van der Waals surface area contributed by atoms with Crippen molar-refractivity contribution in [1.29, 1.82) is 0 Å². The Morgan fingerprint density at radius 2 is 1.11 bits per heavy atom. The van der Waals surface area contributed by atoms with Crippen LogP contribution in [0.15, 0.2) is 88.0 Å². The van der Waals surface area contributed by atoms with Gasteiger partial charge in [-0.2, -0.15) is 4.98 Å². The van der Waals surface area contributed by atoms with Crippen molar-refractivity contribution in [1.82, 2.24) is 38.9 Å². The predicted molar refractivity (Wildman–Crippen MR) is 241 cm³/mol. The molecule has 0 saturated heterocycles. The lowest BCUT2D eigenvalue weighted by Crippen LogP contribution is -2.60. The molecule has 6 fully saturated rings. The summed E-state index contributed by atoms with van der Waals surface area (Å²) in [7, 11) is -0.534. The van der Waals surface area contributed by atoms with Gasteiger partial charge in [-0.05, 0) is 111 Å². The Morgan fingerprint density at radius 1 is 0.698 bits per heavy atom. The quantitative estimate of drug-likeness (QED) is 0.147. The molecule has 6 aliphatic carbocycles. The topological polar surface area (TPSA) is 225 Å². The van der Waals surface area contributed by atoms with E-state index < -0.39 is 30.5 Å². The zero-order valence-electron chi connectivity index (χ0n) is 36.1. The molecule has 3 N–H and O–H groups in total. The molecular weight excluding hydrogens is 865 g/mol. The number of amides is 2. The van der Waals surface area contributed by atoms with Crippen LogP contribution in [0.4, 0.5) is 17.3 Å². The van der Waals surface area contributed by atoms with E-state index in [1.807, 2.05) is 12.1 Å². The molecule has 6 saturated carbocycles. The van der Waals surface area contributed by atoms with Crippen molar-refractivity contribution in [2.24, 2.45) is 11.8 Å². The monoisotopic (exact) mass is 914 g/mol. The normalized spacial score (nSPS) is 22.1. The number of aromatic nitrogens is 6. The summed E-state index contributed by atoms with van der Waals surface area (Å²) in [4.78, 5) is 46.9. The lowest BCUT2D eigenvalue weighted by Gasteiger charge is -2.62. The van der Waals surface area contributed by atoms with E-state index in [1.165, 1.54) is 24.6 Å². The molecule has 20 heteroatoms. The van der Waals surface area contributed by atoms with Crippen LogP contribution in [-0.4, -0.2) is 119 Å². The summed E-state index contributed by atoms with van der Waals surface area (Å²) < 4.78 is 61.0. The average Bonchev–Trinajstić information content (AvgIpc) is 3.70. The summed E-state index contributed by atoms with van der Waals surface area (Å²) in [6.45, 7) is 0. The number of nitrogen functional groups attached to an aromatic ring is 1. The first-order chi connectivity index (χ1) is 29.6. The molecule has 0 radical (unpaired) electrons. The molecule has 2 aromatic carbocycles. The number of benzene rings is 2. The lowest BCUT2D eigenvalue weighted by molar-refractivity contribution is -0.0871. The van der Waals surface area contributed by atoms with Gasteiger partial charge in [0.1, 0.15) is 22.7 Å². The molecule has 12 rings (SSSR count). The Hall–Kier alpha value is -5.73. The fourth-order valence-electron chi connectivity index (χ4n) is 8.94. The minimum absolute atomic E-state index is 0.00379. The zero-order chi connectivity index (χ0) is 45.4. The van der Waals surface area contributed by atoms with Crippen molar-refractivity contribution in [3.8, 4) is 0 Å². The Kier molecular flexibility index (Phi) is 11.0. The van der Waals surface area contributed by atoms with Crippen LogP contribution in [0.2, 0.25) is 0 Å². The van der Waals surface area contributed by atoms with Crippen molar-refractivity contribution in [2.45, 2.75) is 64.6 Å². The molecule has 1 unspecified atom stereocenters. The molecule has 4 heterocycles. The van der Waals surface area contributed by atoms with E-state index >= 15 is 0 Å². The molecule has 1 atom stereocenters. The fourth-order valence-corrected chi connectivity index (χ4v) is 10.6. The van der Waals surface area contributed by atoms with Crippen molar-refractivity contribution < 1.29 is 30.6 Å². The standard InChI is InChI=1S/C21H23N5O3S.C15H18N4O2S.C7H9NO2S/c1-25(2)19(27)17-8-14-12-22-20(23-15-4-6-16(7-5-15)30(3,28)29)24-18(14)26(17)21-9-13(10-21)11-21;1-18(2)13(20)11-4-10-8-16-14(22(3)21)17-12(10)19(11)15-5-9(6-15)7-15;1-11(9,10)7-4-2-6(8)3-5-7/h4-8,12-13H,9-11H2,1-3H3,(H,22,23,24);4,8-9H,5-7H2,1-3H3;2-5H,8H2,1H3. The summed E-state index contributed by atoms with van der Waals surface area (Å²) in [6, 6.07) is 16.3. The third kappa shape index (κ3) is 8.19. The van der Waals surface area contributed by atoms with Crippen molar-refractivity contribution in [2.75, 3.05) is 58.0 Å². The molecule has 0 aliphatic heterocycles. The average molecular weight is 915 g/mol. The number of sulfone groups is 2. The highest BCUT2D eigenvalue weighted by molar-refractivity contribution is 7.91. The Morgan fingerprint density at radius 3 is 1.49 bits per heavy atom. The number of anilines is 3. The van der Waals surface area contributed by atoms with E-state index in [0.29, 0.717) is 38.8 Å². The van der Waals surface area contributed by atoms with Crippen LogP contribution in [-0.2, 0) is 41.6 Å². The van der Waals surface area contributed by atoms with Gasteiger partial charge in [0.2, 0.25) is 11.1 Å². The maximum Gasteiger partial charge on any atom is 0.270 e. The summed E-state index contributed by atoms with van der Waals surface area (Å²) in [5.41, 5.74) is 9.47. The number of hydrogen-bond donors (Lipinski definition) is 2. The molecular formula is C43H50N10O7S3. The van der Waals surface area contributed by atoms with Gasteiger partial charge in [0.25, 0.3) is 11.8 Å². The number of nitrogens with zero attached hydrogens (tertiary/aromatic N) is 8. The first-order valence-corrected chi connectivity index (χ1v) is 25.6. The second kappa shape index (κ2) is 15.8. The summed E-state index contributed by atoms with van der Waals surface area (Å²) in [5.74, 6) is 1.90. The SMILES string of the molecule is CN(C)C(=O)c1cc2cnc(Nc3ccc(S(C)(=O)=O)cc3)nc2n1C12CC(C1)C2.CN(C)C(=O)c1cc2cnc(S(C)=O)nc2n1C12CC(C1)C2.CS(=O)(=O)c1ccc(N)cc1. The van der Waals surface area contributed by atoms with Crippen LogP contribution in [0.3, 0.4) is 0 Å². The molecule has 63 heavy (non-hydrogen) atoms. The van der Waals surface area contributed by atoms with E-state index in [2.05, 4.69) is 29.4 Å². The van der Waals surface area contributed by atoms with E-state index in [0.717, 1.165) is 72.4 Å². The van der Waals surface area contributed by atoms with Gasteiger partial charge in [-0.3, -0.25) is 13.8 Å². The first-order valence-electron chi connectivity index (χ1n) is 20.2. The highest BCUT2D eigenvalue weighted by Crippen LogP contribution is 2.64. The fraction of sp³-hybridized carbons (Fsp3) is 0.395. The van der Waals surface area contributed by atoms with Crippen LogP contribution in [0.5, 0.6) is 0 Å². The maximum absolute atomic E-state index is 12.8. The van der Waals surface area contributed by atoms with Crippen LogP contribution < -0.4 is 11.1 Å². The number of nitrogens with one attached hydrogen (secondary N) is 1. The molecule has 6 aliphatic rings. The second-order valence-corrected chi connectivity index (χ2v) is 23.0. The number of fused-ring (bicyclic) bond motifs is 2. The molecule has 2 amide bonds. The minimum atomic E-state index is -3.25. The summed E-state index contributed by atoms with van der Waals surface area (Å²) in [6.07, 6.45) is 13.9. The summed E-state index contributed by atoms with van der Waals surface area (Å²) in [5, 5.41) is 5.13. The Balaban J connectivity index is 0.000000144. The van der Waals surface area contributed by atoms with Crippen LogP contribution in [0.1, 0.15) is 59.5 Å². The third-order valence-electron chi connectivity index (χ3n) is 12.4. The van der Waals surface area contributed by atoms with Crippen molar-refractivity contribution in [3.63, 3.8) is 0 Å². The van der Waals surface area contributed by atoms with Gasteiger partial charge < -0.3 is 30.0 Å². The van der Waals surface area contributed by atoms with Crippen molar-refractivity contribution >= 4 is 81.7 Å². The van der Waals surface area contributed by atoms with Gasteiger partial charge in [0.05, 0.1) is 20.6 Å². The number of hydrogen-bond acceptors (Lipinski definition) is 13. The number of carbonyl (C=O) groups is 2. The smallest absolute Gasteiger partial charge is 0.270 e. The molecule has 4 aromatic heterocycles. The van der Waals surface area contributed by atoms with E-state index in [-0.39, 0.29) is 27.8 Å². The zero-order valence-corrected chi connectivity index (χ0v) is 38.5. The van der Waals surface area contributed by atoms with Crippen molar-refractivity contribution in [3.05, 3.63) is 84.4 Å². The number of rotatable bonds is 9. The van der Waals surface area contributed by atoms with E-state index in [1.54, 1.807) is 93.0 Å². The van der Waals surface area contributed by atoms with Gasteiger partial charge in [-0.1, -0.05) is 0 Å². The Bertz CT molecular complexity index is 3020. The predicted octanol–water partition coefficient (Wildman–Crippen LogP) is 4.84. The van der Waals surface area contributed by atoms with Crippen LogP contribution in [0.25, 0.3) is 22.1 Å². The molecule has 332 valence electrons. The second-order valence-electron chi connectivity index (χ2n) is 17.7. The first kappa shape index (κ1) is 43.9. The summed E-state index contributed by atoms with van der Waals surface area (Å²) >= 11 is 0.